The minimum atomic E-state index is -0.198. The summed E-state index contributed by atoms with van der Waals surface area (Å²) in [7, 11) is 0. The van der Waals surface area contributed by atoms with Gasteiger partial charge < -0.3 is 9.67 Å². The molecule has 0 aliphatic carbocycles. The molecule has 1 atom stereocenters. The van der Waals surface area contributed by atoms with E-state index in [9.17, 15) is 5.11 Å². The molecule has 1 aromatic heterocycles. The van der Waals surface area contributed by atoms with Crippen LogP contribution in [-0.2, 0) is 13.1 Å². The molecule has 1 aromatic rings. The van der Waals surface area contributed by atoms with Crippen LogP contribution in [0.3, 0.4) is 0 Å². The van der Waals surface area contributed by atoms with Crippen LogP contribution in [0.15, 0.2) is 12.4 Å². The quantitative estimate of drug-likeness (QED) is 0.762. The first-order valence-corrected chi connectivity index (χ1v) is 5.20. The number of fused-ring (bicyclic) bond motifs is 1. The van der Waals surface area contributed by atoms with Crippen molar-refractivity contribution in [3.63, 3.8) is 0 Å². The van der Waals surface area contributed by atoms with Gasteiger partial charge in [0.2, 0.25) is 0 Å². The lowest BCUT2D eigenvalue weighted by molar-refractivity contribution is 0.0934. The molecule has 0 aromatic carbocycles. The molecule has 14 heavy (non-hydrogen) atoms. The summed E-state index contributed by atoms with van der Waals surface area (Å²) in [5.41, 5.74) is 0. The normalized spacial score (nSPS) is 19.3. The van der Waals surface area contributed by atoms with Gasteiger partial charge in [0.15, 0.2) is 0 Å². The van der Waals surface area contributed by atoms with Crippen molar-refractivity contribution >= 4 is 0 Å². The van der Waals surface area contributed by atoms with Gasteiger partial charge in [-0.3, -0.25) is 4.90 Å². The molecule has 0 saturated carbocycles. The van der Waals surface area contributed by atoms with Gasteiger partial charge in [0.1, 0.15) is 5.82 Å². The second-order valence-corrected chi connectivity index (χ2v) is 3.83. The third-order valence-electron chi connectivity index (χ3n) is 2.76. The summed E-state index contributed by atoms with van der Waals surface area (Å²) in [6.07, 6.45) is 4.49. The maximum absolute atomic E-state index is 9.54. The van der Waals surface area contributed by atoms with Gasteiger partial charge in [-0.15, -0.1) is 0 Å². The number of aliphatic hydroxyl groups excluding tert-OH is 1. The Labute approximate surface area is 84.2 Å². The predicted molar refractivity (Wildman–Crippen MR) is 53.8 cm³/mol. The van der Waals surface area contributed by atoms with Crippen molar-refractivity contribution in [3.8, 4) is 0 Å². The van der Waals surface area contributed by atoms with E-state index in [-0.39, 0.29) is 6.10 Å². The molecule has 4 nitrogen and oxygen atoms in total. The average molecular weight is 195 g/mol. The molecule has 1 aliphatic rings. The molecular weight excluding hydrogens is 178 g/mol. The molecule has 0 bridgehead atoms. The smallest absolute Gasteiger partial charge is 0.122 e. The van der Waals surface area contributed by atoms with E-state index in [1.165, 1.54) is 0 Å². The standard InChI is InChI=1S/C10H17N3O/c1-2-9(14)7-12-5-6-13-4-3-11-10(13)8-12/h3-4,9,14H,2,5-8H2,1H3/t9-/m1/s1. The van der Waals surface area contributed by atoms with E-state index in [2.05, 4.69) is 14.5 Å². The second kappa shape index (κ2) is 4.11. The molecule has 0 fully saturated rings. The number of β-amino-alcohol motifs (C(OH)–C–C–N with tert-alkyl or cyclic N) is 1. The zero-order valence-electron chi connectivity index (χ0n) is 8.56. The summed E-state index contributed by atoms with van der Waals surface area (Å²) >= 11 is 0. The number of hydrogen-bond acceptors (Lipinski definition) is 3. The van der Waals surface area contributed by atoms with E-state index >= 15 is 0 Å². The number of aromatic nitrogens is 2. The molecule has 2 rings (SSSR count). The van der Waals surface area contributed by atoms with E-state index in [1.807, 2.05) is 19.3 Å². The van der Waals surface area contributed by atoms with E-state index in [0.717, 1.165) is 38.4 Å². The summed E-state index contributed by atoms with van der Waals surface area (Å²) in [5.74, 6) is 1.11. The minimum absolute atomic E-state index is 0.198. The van der Waals surface area contributed by atoms with Crippen molar-refractivity contribution in [2.75, 3.05) is 13.1 Å². The summed E-state index contributed by atoms with van der Waals surface area (Å²) in [6, 6.07) is 0. The number of aliphatic hydroxyl groups is 1. The lowest BCUT2D eigenvalue weighted by Crippen LogP contribution is -2.38. The van der Waals surface area contributed by atoms with Crippen molar-refractivity contribution in [3.05, 3.63) is 18.2 Å². The molecule has 0 amide bonds. The van der Waals surface area contributed by atoms with Crippen LogP contribution in [0.2, 0.25) is 0 Å². The van der Waals surface area contributed by atoms with Crippen LogP contribution in [-0.4, -0.2) is 38.8 Å². The maximum Gasteiger partial charge on any atom is 0.122 e. The first-order chi connectivity index (χ1) is 6.79. The van der Waals surface area contributed by atoms with Crippen molar-refractivity contribution < 1.29 is 5.11 Å². The van der Waals surface area contributed by atoms with Gasteiger partial charge in [-0.2, -0.15) is 0 Å². The van der Waals surface area contributed by atoms with Gasteiger partial charge in [-0.05, 0) is 6.42 Å². The molecule has 78 valence electrons. The Kier molecular flexibility index (Phi) is 2.84. The fourth-order valence-electron chi connectivity index (χ4n) is 1.81. The van der Waals surface area contributed by atoms with E-state index < -0.39 is 0 Å². The Bertz CT molecular complexity index is 297. The molecule has 0 saturated heterocycles. The third kappa shape index (κ3) is 1.96. The number of rotatable bonds is 3. The Morgan fingerprint density at radius 2 is 2.43 bits per heavy atom. The van der Waals surface area contributed by atoms with Gasteiger partial charge in [-0.25, -0.2) is 4.98 Å². The highest BCUT2D eigenvalue weighted by molar-refractivity contribution is 4.95. The summed E-state index contributed by atoms with van der Waals surface area (Å²) < 4.78 is 2.18. The average Bonchev–Trinajstić information content (AvgIpc) is 2.64. The topological polar surface area (TPSA) is 41.3 Å². The predicted octanol–water partition coefficient (Wildman–Crippen LogP) is 0.470. The summed E-state index contributed by atoms with van der Waals surface area (Å²) in [6.45, 7) is 5.65. The SMILES string of the molecule is CC[C@@H](O)CN1CCn2ccnc2C1. The van der Waals surface area contributed by atoms with Crippen molar-refractivity contribution in [2.24, 2.45) is 0 Å². The highest BCUT2D eigenvalue weighted by Gasteiger charge is 2.17. The van der Waals surface area contributed by atoms with Crippen molar-refractivity contribution in [2.45, 2.75) is 32.5 Å². The number of imidazole rings is 1. The lowest BCUT2D eigenvalue weighted by atomic mass is 10.2. The van der Waals surface area contributed by atoms with Crippen LogP contribution in [0.5, 0.6) is 0 Å². The minimum Gasteiger partial charge on any atom is -0.392 e. The number of hydrogen-bond donors (Lipinski definition) is 1. The first kappa shape index (κ1) is 9.68. The monoisotopic (exact) mass is 195 g/mol. The molecule has 2 heterocycles. The number of nitrogens with zero attached hydrogens (tertiary/aromatic N) is 3. The van der Waals surface area contributed by atoms with Crippen LogP contribution in [0.1, 0.15) is 19.2 Å². The van der Waals surface area contributed by atoms with Crippen molar-refractivity contribution in [1.82, 2.24) is 14.5 Å². The van der Waals surface area contributed by atoms with E-state index in [4.69, 9.17) is 0 Å². The summed E-state index contributed by atoms with van der Waals surface area (Å²) in [5, 5.41) is 9.54. The molecule has 4 heteroatoms. The molecular formula is C10H17N3O. The second-order valence-electron chi connectivity index (χ2n) is 3.83. The van der Waals surface area contributed by atoms with Crippen LogP contribution >= 0.6 is 0 Å². The molecule has 1 N–H and O–H groups in total. The lowest BCUT2D eigenvalue weighted by Gasteiger charge is -2.28. The summed E-state index contributed by atoms with van der Waals surface area (Å²) in [4.78, 5) is 6.54. The fraction of sp³-hybridized carbons (Fsp3) is 0.700. The van der Waals surface area contributed by atoms with Crippen molar-refractivity contribution in [1.29, 1.82) is 0 Å². The molecule has 1 aliphatic heterocycles. The van der Waals surface area contributed by atoms with Crippen LogP contribution in [0, 0.1) is 0 Å². The molecule has 0 unspecified atom stereocenters. The van der Waals surface area contributed by atoms with Gasteiger partial charge in [-0.1, -0.05) is 6.92 Å². The van der Waals surface area contributed by atoms with Crippen LogP contribution < -0.4 is 0 Å². The van der Waals surface area contributed by atoms with E-state index in [1.54, 1.807) is 0 Å². The zero-order valence-corrected chi connectivity index (χ0v) is 8.56. The van der Waals surface area contributed by atoms with Gasteiger partial charge in [0, 0.05) is 32.0 Å². The Balaban J connectivity index is 1.94. The largest absolute Gasteiger partial charge is 0.392 e. The highest BCUT2D eigenvalue weighted by atomic mass is 16.3. The molecule has 0 radical (unpaired) electrons. The Morgan fingerprint density at radius 3 is 3.21 bits per heavy atom. The maximum atomic E-state index is 9.54. The van der Waals surface area contributed by atoms with Gasteiger partial charge in [0.25, 0.3) is 0 Å². The first-order valence-electron chi connectivity index (χ1n) is 5.20. The highest BCUT2D eigenvalue weighted by Crippen LogP contribution is 2.10. The van der Waals surface area contributed by atoms with Gasteiger partial charge >= 0.3 is 0 Å². The zero-order chi connectivity index (χ0) is 9.97. The van der Waals surface area contributed by atoms with Gasteiger partial charge in [0.05, 0.1) is 12.6 Å². The van der Waals surface area contributed by atoms with E-state index in [0.29, 0.717) is 0 Å². The fourth-order valence-corrected chi connectivity index (χ4v) is 1.81. The third-order valence-corrected chi connectivity index (χ3v) is 2.76. The Morgan fingerprint density at radius 1 is 1.57 bits per heavy atom. The Hall–Kier alpha value is -0.870. The van der Waals surface area contributed by atoms with Crippen LogP contribution in [0.25, 0.3) is 0 Å². The molecule has 0 spiro atoms. The van der Waals surface area contributed by atoms with Crippen LogP contribution in [0.4, 0.5) is 0 Å².